The summed E-state index contributed by atoms with van der Waals surface area (Å²) in [4.78, 5) is 40.6. The number of nitrogens with zero attached hydrogens (tertiary/aromatic N) is 5. The molecule has 1 saturated heterocycles. The topological polar surface area (TPSA) is 90.2 Å². The second-order valence-corrected chi connectivity index (χ2v) is 7.47. The van der Waals surface area contributed by atoms with E-state index in [2.05, 4.69) is 15.0 Å². The number of amides is 1. The maximum Gasteiger partial charge on any atom is 0.265 e. The number of hydrogen-bond acceptors (Lipinski definition) is 7. The summed E-state index contributed by atoms with van der Waals surface area (Å²) in [7, 11) is 0. The van der Waals surface area contributed by atoms with Crippen LogP contribution in [0, 0.1) is 0 Å². The molecule has 3 heterocycles. The minimum absolute atomic E-state index is 0.0166. The van der Waals surface area contributed by atoms with Crippen LogP contribution in [0.25, 0.3) is 22.4 Å². The maximum absolute atomic E-state index is 12.9. The molecule has 0 radical (unpaired) electrons. The van der Waals surface area contributed by atoms with Gasteiger partial charge < -0.3 is 9.64 Å². The summed E-state index contributed by atoms with van der Waals surface area (Å²) in [5, 5.41) is 0.861. The summed E-state index contributed by atoms with van der Waals surface area (Å²) < 4.78 is 6.85. The van der Waals surface area contributed by atoms with Crippen molar-refractivity contribution in [3.63, 3.8) is 0 Å². The Kier molecular flexibility index (Phi) is 5.86. The van der Waals surface area contributed by atoms with Crippen LogP contribution in [0.1, 0.15) is 6.92 Å². The predicted octanol–water partition coefficient (Wildman–Crippen LogP) is 1.82. The second kappa shape index (κ2) is 8.71. The Balaban J connectivity index is 1.65. The molecule has 1 aliphatic rings. The van der Waals surface area contributed by atoms with E-state index in [1.165, 1.54) is 18.0 Å². The zero-order valence-electron chi connectivity index (χ0n) is 16.1. The molecule has 0 saturated carbocycles. The number of fused-ring (bicyclic) bond motifs is 1. The molecule has 4 rings (SSSR count). The smallest absolute Gasteiger partial charge is 0.265 e. The normalized spacial score (nSPS) is 14.3. The number of aromatic nitrogens is 4. The van der Waals surface area contributed by atoms with Gasteiger partial charge in [-0.15, -0.1) is 0 Å². The Morgan fingerprint density at radius 3 is 2.66 bits per heavy atom. The first kappa shape index (κ1) is 19.5. The highest BCUT2D eigenvalue weighted by atomic mass is 32.2. The molecule has 1 amide bonds. The van der Waals surface area contributed by atoms with E-state index in [0.717, 1.165) is 5.56 Å². The summed E-state index contributed by atoms with van der Waals surface area (Å²) in [6.07, 6.45) is 1.53. The van der Waals surface area contributed by atoms with Crippen molar-refractivity contribution in [3.05, 3.63) is 46.9 Å². The van der Waals surface area contributed by atoms with Crippen molar-refractivity contribution < 1.29 is 9.53 Å². The van der Waals surface area contributed by atoms with Gasteiger partial charge >= 0.3 is 0 Å². The van der Waals surface area contributed by atoms with Gasteiger partial charge in [-0.3, -0.25) is 14.2 Å². The Labute approximate surface area is 171 Å². The van der Waals surface area contributed by atoms with Crippen LogP contribution in [-0.4, -0.2) is 62.4 Å². The molecule has 0 N–H and O–H groups in total. The number of carbonyl (C=O) groups excluding carboxylic acids is 1. The first-order valence-corrected chi connectivity index (χ1v) is 10.5. The van der Waals surface area contributed by atoms with E-state index in [1.54, 1.807) is 9.47 Å². The summed E-state index contributed by atoms with van der Waals surface area (Å²) in [6, 6.07) is 9.55. The summed E-state index contributed by atoms with van der Waals surface area (Å²) in [5.41, 5.74) is 1.00. The summed E-state index contributed by atoms with van der Waals surface area (Å²) in [6.45, 7) is 4.64. The first-order valence-electron chi connectivity index (χ1n) is 9.48. The van der Waals surface area contributed by atoms with Gasteiger partial charge in [0.2, 0.25) is 5.91 Å². The van der Waals surface area contributed by atoms with Crippen LogP contribution in [0.15, 0.2) is 46.5 Å². The van der Waals surface area contributed by atoms with Crippen LogP contribution in [0.3, 0.4) is 0 Å². The lowest BCUT2D eigenvalue weighted by molar-refractivity contribution is -0.132. The molecule has 3 aromatic rings. The van der Waals surface area contributed by atoms with Gasteiger partial charge in [0.25, 0.3) is 5.56 Å². The standard InChI is InChI=1S/C20H21N5O3S/c1-2-25-19(27)15-12-21-17(14-6-4-3-5-7-14)22-18(15)23-20(25)29-13-16(26)24-8-10-28-11-9-24/h3-7,12H,2,8-11,13H2,1H3. The quantitative estimate of drug-likeness (QED) is 0.467. The molecule has 0 unspecified atom stereocenters. The van der Waals surface area contributed by atoms with Crippen molar-refractivity contribution in [2.45, 2.75) is 18.6 Å². The van der Waals surface area contributed by atoms with Crippen molar-refractivity contribution in [3.8, 4) is 11.4 Å². The van der Waals surface area contributed by atoms with E-state index in [4.69, 9.17) is 4.74 Å². The number of hydrogen-bond donors (Lipinski definition) is 0. The monoisotopic (exact) mass is 411 g/mol. The molecule has 29 heavy (non-hydrogen) atoms. The van der Waals surface area contributed by atoms with Crippen molar-refractivity contribution in [1.82, 2.24) is 24.4 Å². The summed E-state index contributed by atoms with van der Waals surface area (Å²) >= 11 is 1.26. The Bertz CT molecular complexity index is 1080. The Morgan fingerprint density at radius 1 is 1.17 bits per heavy atom. The summed E-state index contributed by atoms with van der Waals surface area (Å²) in [5.74, 6) is 0.747. The first-order chi connectivity index (χ1) is 14.2. The van der Waals surface area contributed by atoms with E-state index in [9.17, 15) is 9.59 Å². The van der Waals surface area contributed by atoms with Gasteiger partial charge in [0.05, 0.1) is 19.0 Å². The zero-order valence-corrected chi connectivity index (χ0v) is 16.9. The molecule has 1 fully saturated rings. The van der Waals surface area contributed by atoms with Crippen LogP contribution >= 0.6 is 11.8 Å². The van der Waals surface area contributed by atoms with Gasteiger partial charge in [-0.25, -0.2) is 15.0 Å². The number of benzene rings is 1. The van der Waals surface area contributed by atoms with E-state index in [-0.39, 0.29) is 17.2 Å². The molecular formula is C20H21N5O3S. The van der Waals surface area contributed by atoms with E-state index in [0.29, 0.717) is 54.9 Å². The molecule has 0 aliphatic carbocycles. The fourth-order valence-corrected chi connectivity index (χ4v) is 4.09. The third kappa shape index (κ3) is 4.15. The zero-order chi connectivity index (χ0) is 20.2. The van der Waals surface area contributed by atoms with Crippen molar-refractivity contribution >= 4 is 28.7 Å². The predicted molar refractivity (Wildman–Crippen MR) is 111 cm³/mol. The Morgan fingerprint density at radius 2 is 1.93 bits per heavy atom. The maximum atomic E-state index is 12.9. The van der Waals surface area contributed by atoms with Gasteiger partial charge in [0.15, 0.2) is 16.6 Å². The highest BCUT2D eigenvalue weighted by molar-refractivity contribution is 7.99. The average Bonchev–Trinajstić information content (AvgIpc) is 2.78. The van der Waals surface area contributed by atoms with Gasteiger partial charge in [0.1, 0.15) is 5.39 Å². The number of rotatable bonds is 5. The molecule has 2 aromatic heterocycles. The van der Waals surface area contributed by atoms with Crippen LogP contribution < -0.4 is 5.56 Å². The number of carbonyl (C=O) groups is 1. The number of morpholine rings is 1. The molecule has 0 spiro atoms. The minimum atomic E-state index is -0.196. The van der Waals surface area contributed by atoms with Gasteiger partial charge in [0, 0.05) is 31.4 Å². The van der Waals surface area contributed by atoms with E-state index in [1.807, 2.05) is 37.3 Å². The Hall–Kier alpha value is -2.78. The van der Waals surface area contributed by atoms with Crippen LogP contribution in [0.4, 0.5) is 0 Å². The molecule has 9 heteroatoms. The third-order valence-corrected chi connectivity index (χ3v) is 5.67. The molecule has 1 aliphatic heterocycles. The van der Waals surface area contributed by atoms with Gasteiger partial charge in [-0.05, 0) is 6.92 Å². The largest absolute Gasteiger partial charge is 0.378 e. The van der Waals surface area contributed by atoms with E-state index < -0.39 is 0 Å². The second-order valence-electron chi connectivity index (χ2n) is 6.52. The van der Waals surface area contributed by atoms with Crippen LogP contribution in [0.2, 0.25) is 0 Å². The number of ether oxygens (including phenoxy) is 1. The van der Waals surface area contributed by atoms with Gasteiger partial charge in [-0.2, -0.15) is 0 Å². The fourth-order valence-electron chi connectivity index (χ4n) is 3.14. The van der Waals surface area contributed by atoms with Gasteiger partial charge in [-0.1, -0.05) is 42.1 Å². The molecular weight excluding hydrogens is 390 g/mol. The number of thioether (sulfide) groups is 1. The van der Waals surface area contributed by atoms with Crippen molar-refractivity contribution in [2.24, 2.45) is 0 Å². The molecule has 0 atom stereocenters. The third-order valence-electron chi connectivity index (χ3n) is 4.71. The lowest BCUT2D eigenvalue weighted by Crippen LogP contribution is -2.41. The fraction of sp³-hybridized carbons (Fsp3) is 0.350. The van der Waals surface area contributed by atoms with Crippen LogP contribution in [0.5, 0.6) is 0 Å². The molecule has 150 valence electrons. The SMILES string of the molecule is CCn1c(SCC(=O)N2CCOCC2)nc2nc(-c3ccccc3)ncc2c1=O. The lowest BCUT2D eigenvalue weighted by Gasteiger charge is -2.26. The van der Waals surface area contributed by atoms with Crippen LogP contribution in [-0.2, 0) is 16.1 Å². The highest BCUT2D eigenvalue weighted by Gasteiger charge is 2.19. The molecule has 8 nitrogen and oxygen atoms in total. The molecule has 1 aromatic carbocycles. The molecule has 0 bridgehead atoms. The highest BCUT2D eigenvalue weighted by Crippen LogP contribution is 2.20. The van der Waals surface area contributed by atoms with Crippen molar-refractivity contribution in [2.75, 3.05) is 32.1 Å². The lowest BCUT2D eigenvalue weighted by atomic mass is 10.2. The minimum Gasteiger partial charge on any atom is -0.378 e. The average molecular weight is 411 g/mol. The van der Waals surface area contributed by atoms with E-state index >= 15 is 0 Å². The van der Waals surface area contributed by atoms with Crippen molar-refractivity contribution in [1.29, 1.82) is 0 Å².